The molecule has 0 radical (unpaired) electrons. The lowest BCUT2D eigenvalue weighted by Gasteiger charge is -2.30. The Morgan fingerprint density at radius 1 is 1.07 bits per heavy atom. The maximum atomic E-state index is 12.1. The summed E-state index contributed by atoms with van der Waals surface area (Å²) in [5.74, 6) is 0.627. The van der Waals surface area contributed by atoms with Crippen LogP contribution in [0.3, 0.4) is 0 Å². The fourth-order valence-electron chi connectivity index (χ4n) is 3.48. The highest BCUT2D eigenvalue weighted by Gasteiger charge is 2.21. The first kappa shape index (κ1) is 19.1. The molecule has 0 aromatic heterocycles. The Hall–Kier alpha value is -2.66. The number of benzene rings is 2. The number of hydrogen-bond donors (Lipinski definition) is 3. The summed E-state index contributed by atoms with van der Waals surface area (Å²) < 4.78 is 0. The summed E-state index contributed by atoms with van der Waals surface area (Å²) in [5.41, 5.74) is 2.60. The summed E-state index contributed by atoms with van der Waals surface area (Å²) in [6.07, 6.45) is 3.31. The average Bonchev–Trinajstić information content (AvgIpc) is 2.68. The molecule has 5 nitrogen and oxygen atoms in total. The number of ketones is 1. The van der Waals surface area contributed by atoms with E-state index in [1.54, 1.807) is 24.3 Å². The summed E-state index contributed by atoms with van der Waals surface area (Å²) in [6, 6.07) is 17.6. The van der Waals surface area contributed by atoms with E-state index >= 15 is 0 Å². The van der Waals surface area contributed by atoms with Gasteiger partial charge in [0.15, 0.2) is 5.78 Å². The zero-order valence-corrected chi connectivity index (χ0v) is 15.7. The van der Waals surface area contributed by atoms with Crippen LogP contribution < -0.4 is 16.0 Å². The van der Waals surface area contributed by atoms with Crippen LogP contribution in [0, 0.1) is 5.92 Å². The lowest BCUT2D eigenvalue weighted by molar-refractivity contribution is 0.101. The lowest BCUT2D eigenvalue weighted by atomic mass is 9.89. The molecule has 2 aromatic carbocycles. The van der Waals surface area contributed by atoms with E-state index in [1.807, 2.05) is 6.07 Å². The Labute approximate surface area is 160 Å². The third-order valence-electron chi connectivity index (χ3n) is 5.02. The Morgan fingerprint density at radius 3 is 2.59 bits per heavy atom. The van der Waals surface area contributed by atoms with E-state index in [0.29, 0.717) is 29.8 Å². The Morgan fingerprint density at radius 2 is 1.89 bits per heavy atom. The molecule has 0 unspecified atom stereocenters. The summed E-state index contributed by atoms with van der Waals surface area (Å²) in [5, 5.41) is 9.25. The van der Waals surface area contributed by atoms with Gasteiger partial charge < -0.3 is 16.0 Å². The van der Waals surface area contributed by atoms with Crippen LogP contribution >= 0.6 is 0 Å². The molecule has 1 fully saturated rings. The molecule has 0 saturated carbocycles. The minimum Gasteiger partial charge on any atom is -0.336 e. The highest BCUT2D eigenvalue weighted by atomic mass is 16.2. The van der Waals surface area contributed by atoms with Gasteiger partial charge in [0.25, 0.3) is 0 Å². The first-order valence-corrected chi connectivity index (χ1v) is 9.53. The monoisotopic (exact) mass is 365 g/mol. The molecular weight excluding hydrogens is 338 g/mol. The van der Waals surface area contributed by atoms with Gasteiger partial charge in [0, 0.05) is 23.8 Å². The normalized spacial score (nSPS) is 19.3. The number of Topliss-reactive ketones (excluding diaryl/α,β-unsaturated/α-hetero) is 1. The summed E-state index contributed by atoms with van der Waals surface area (Å²) in [6.45, 7) is 3.08. The van der Waals surface area contributed by atoms with Crippen molar-refractivity contribution in [1.82, 2.24) is 10.6 Å². The summed E-state index contributed by atoms with van der Waals surface area (Å²) in [4.78, 5) is 23.5. The van der Waals surface area contributed by atoms with Gasteiger partial charge in [-0.25, -0.2) is 4.79 Å². The fraction of sp³-hybridized carbons (Fsp3) is 0.364. The van der Waals surface area contributed by atoms with Crippen LogP contribution in [0.15, 0.2) is 54.6 Å². The molecule has 3 N–H and O–H groups in total. The molecule has 1 aliphatic heterocycles. The van der Waals surface area contributed by atoms with Crippen LogP contribution in [0.1, 0.15) is 35.7 Å². The van der Waals surface area contributed by atoms with Crippen molar-refractivity contribution in [3.8, 4) is 0 Å². The van der Waals surface area contributed by atoms with Gasteiger partial charge in [0.1, 0.15) is 0 Å². The third kappa shape index (κ3) is 5.93. The van der Waals surface area contributed by atoms with Crippen molar-refractivity contribution < 1.29 is 9.59 Å². The van der Waals surface area contributed by atoms with Crippen molar-refractivity contribution in [2.75, 3.05) is 18.4 Å². The van der Waals surface area contributed by atoms with Gasteiger partial charge >= 0.3 is 6.03 Å². The number of carbonyl (C=O) groups excluding carboxylic acids is 2. The minimum absolute atomic E-state index is 0.0180. The number of hydrogen-bond acceptors (Lipinski definition) is 3. The topological polar surface area (TPSA) is 70.2 Å². The van der Waals surface area contributed by atoms with Crippen molar-refractivity contribution in [2.24, 2.45) is 5.92 Å². The van der Waals surface area contributed by atoms with Gasteiger partial charge in [-0.1, -0.05) is 42.5 Å². The van der Waals surface area contributed by atoms with Crippen LogP contribution in [-0.4, -0.2) is 30.9 Å². The average molecular weight is 365 g/mol. The SMILES string of the molecule is CC(=O)c1cccc(NC(=O)NC[C@H]2CC[C@H](Cc3ccccc3)CN2)c1. The zero-order chi connectivity index (χ0) is 19.1. The van der Waals surface area contributed by atoms with E-state index in [9.17, 15) is 9.59 Å². The Kier molecular flexibility index (Phi) is 6.60. The number of nitrogens with one attached hydrogen (secondary N) is 3. The van der Waals surface area contributed by atoms with Crippen molar-refractivity contribution >= 4 is 17.5 Å². The number of rotatable bonds is 6. The number of anilines is 1. The molecule has 2 atom stereocenters. The second-order valence-corrected chi connectivity index (χ2v) is 7.21. The van der Waals surface area contributed by atoms with Crippen LogP contribution in [-0.2, 0) is 6.42 Å². The standard InChI is InChI=1S/C22H27N3O2/c1-16(26)19-8-5-9-20(13-19)25-22(27)24-15-21-11-10-18(14-23-21)12-17-6-3-2-4-7-17/h2-9,13,18,21,23H,10-12,14-15H2,1H3,(H2,24,25,27)/t18-,21-/m1/s1. The predicted octanol–water partition coefficient (Wildman–Crippen LogP) is 3.62. The van der Waals surface area contributed by atoms with Gasteiger partial charge in [0.05, 0.1) is 0 Å². The molecule has 1 saturated heterocycles. The smallest absolute Gasteiger partial charge is 0.319 e. The van der Waals surface area contributed by atoms with E-state index in [4.69, 9.17) is 0 Å². The molecule has 27 heavy (non-hydrogen) atoms. The van der Waals surface area contributed by atoms with E-state index in [0.717, 1.165) is 25.8 Å². The van der Waals surface area contributed by atoms with Crippen LogP contribution in [0.5, 0.6) is 0 Å². The lowest BCUT2D eigenvalue weighted by Crippen LogP contribution is -2.47. The van der Waals surface area contributed by atoms with Gasteiger partial charge in [-0.2, -0.15) is 0 Å². The number of urea groups is 1. The van der Waals surface area contributed by atoms with Crippen LogP contribution in [0.2, 0.25) is 0 Å². The number of carbonyl (C=O) groups is 2. The maximum Gasteiger partial charge on any atom is 0.319 e. The van der Waals surface area contributed by atoms with E-state index in [1.165, 1.54) is 12.5 Å². The Bertz CT molecular complexity index is 768. The van der Waals surface area contributed by atoms with E-state index < -0.39 is 0 Å². The van der Waals surface area contributed by atoms with Gasteiger partial charge in [0.2, 0.25) is 0 Å². The van der Waals surface area contributed by atoms with E-state index in [2.05, 4.69) is 40.2 Å². The highest BCUT2D eigenvalue weighted by molar-refractivity contribution is 5.96. The van der Waals surface area contributed by atoms with Crippen LogP contribution in [0.25, 0.3) is 0 Å². The second kappa shape index (κ2) is 9.33. The Balaban J connectivity index is 1.39. The molecular formula is C22H27N3O2. The molecule has 2 aromatic rings. The molecule has 1 heterocycles. The molecule has 142 valence electrons. The minimum atomic E-state index is -0.246. The van der Waals surface area contributed by atoms with Gasteiger partial charge in [-0.3, -0.25) is 4.79 Å². The molecule has 3 rings (SSSR count). The largest absolute Gasteiger partial charge is 0.336 e. The van der Waals surface area contributed by atoms with E-state index in [-0.39, 0.29) is 11.8 Å². The molecule has 0 spiro atoms. The van der Waals surface area contributed by atoms with Crippen molar-refractivity contribution in [3.63, 3.8) is 0 Å². The maximum absolute atomic E-state index is 12.1. The van der Waals surface area contributed by atoms with Crippen molar-refractivity contribution in [1.29, 1.82) is 0 Å². The molecule has 5 heteroatoms. The summed E-state index contributed by atoms with van der Waals surface area (Å²) >= 11 is 0. The van der Waals surface area contributed by atoms with Crippen molar-refractivity contribution in [3.05, 3.63) is 65.7 Å². The predicted molar refractivity (Wildman–Crippen MR) is 108 cm³/mol. The highest BCUT2D eigenvalue weighted by Crippen LogP contribution is 2.19. The first-order valence-electron chi connectivity index (χ1n) is 9.53. The zero-order valence-electron chi connectivity index (χ0n) is 15.7. The molecule has 1 aliphatic rings. The third-order valence-corrected chi connectivity index (χ3v) is 5.02. The molecule has 0 bridgehead atoms. The quantitative estimate of drug-likeness (QED) is 0.685. The van der Waals surface area contributed by atoms with Crippen molar-refractivity contribution in [2.45, 2.75) is 32.2 Å². The number of amides is 2. The molecule has 0 aliphatic carbocycles. The first-order chi connectivity index (χ1) is 13.1. The number of piperidine rings is 1. The van der Waals surface area contributed by atoms with Gasteiger partial charge in [-0.05, 0) is 56.3 Å². The van der Waals surface area contributed by atoms with Gasteiger partial charge in [-0.15, -0.1) is 0 Å². The van der Waals surface area contributed by atoms with Crippen LogP contribution in [0.4, 0.5) is 10.5 Å². The fourth-order valence-corrected chi connectivity index (χ4v) is 3.48. The second-order valence-electron chi connectivity index (χ2n) is 7.21. The summed E-state index contributed by atoms with van der Waals surface area (Å²) in [7, 11) is 0. The molecule has 2 amide bonds.